The highest BCUT2D eigenvalue weighted by Crippen LogP contribution is 2.28. The lowest BCUT2D eigenvalue weighted by molar-refractivity contribution is 0.0595. The molecular formula is C20H20N4O3. The number of carbonyl (C=O) groups is 1. The van der Waals surface area contributed by atoms with Gasteiger partial charge in [0.25, 0.3) is 0 Å². The maximum atomic E-state index is 11.9. The molecule has 4 rings (SSSR count). The molecule has 3 aromatic rings. The van der Waals surface area contributed by atoms with Gasteiger partial charge < -0.3 is 20.1 Å². The molecule has 138 valence electrons. The maximum absolute atomic E-state index is 11.9. The third-order valence-corrected chi connectivity index (χ3v) is 4.59. The lowest BCUT2D eigenvalue weighted by atomic mass is 10.0. The number of carbonyl (C=O) groups excluding carboxylic acids is 1. The van der Waals surface area contributed by atoms with E-state index < -0.39 is 5.97 Å². The minimum Gasteiger partial charge on any atom is -0.464 e. The van der Waals surface area contributed by atoms with E-state index in [0.29, 0.717) is 41.2 Å². The number of hydrogen-bond acceptors (Lipinski definition) is 6. The Kier molecular flexibility index (Phi) is 4.60. The smallest absolute Gasteiger partial charge is 0.354 e. The molecule has 0 saturated heterocycles. The largest absolute Gasteiger partial charge is 0.464 e. The van der Waals surface area contributed by atoms with Crippen molar-refractivity contribution in [2.45, 2.75) is 25.4 Å². The number of methoxy groups -OCH3 is 1. The van der Waals surface area contributed by atoms with E-state index in [1.807, 2.05) is 36.4 Å². The summed E-state index contributed by atoms with van der Waals surface area (Å²) in [6.07, 6.45) is 3.75. The number of ether oxygens (including phenoxy) is 1. The van der Waals surface area contributed by atoms with Crippen molar-refractivity contribution in [1.82, 2.24) is 15.0 Å². The van der Waals surface area contributed by atoms with E-state index in [1.165, 1.54) is 7.11 Å². The third-order valence-electron chi connectivity index (χ3n) is 4.59. The number of nitrogens with one attached hydrogen (secondary N) is 2. The molecule has 0 saturated carbocycles. The Morgan fingerprint density at radius 3 is 2.81 bits per heavy atom. The van der Waals surface area contributed by atoms with Crippen molar-refractivity contribution in [2.75, 3.05) is 12.4 Å². The molecular weight excluding hydrogens is 344 g/mol. The molecule has 0 unspecified atom stereocenters. The van der Waals surface area contributed by atoms with Crippen LogP contribution in [0.3, 0.4) is 0 Å². The molecule has 7 nitrogen and oxygen atoms in total. The second-order valence-electron chi connectivity index (χ2n) is 6.48. The van der Waals surface area contributed by atoms with Crippen molar-refractivity contribution in [3.63, 3.8) is 0 Å². The average Bonchev–Trinajstić information content (AvgIpc) is 3.14. The summed E-state index contributed by atoms with van der Waals surface area (Å²) < 4.78 is 4.80. The first-order chi connectivity index (χ1) is 13.1. The lowest BCUT2D eigenvalue weighted by Crippen LogP contribution is -2.14. The number of fused-ring (bicyclic) bond motifs is 1. The van der Waals surface area contributed by atoms with Crippen LogP contribution in [0.1, 0.15) is 29.8 Å². The molecule has 0 fully saturated rings. The molecule has 0 spiro atoms. The average molecular weight is 364 g/mol. The van der Waals surface area contributed by atoms with E-state index in [0.717, 1.165) is 17.7 Å². The number of aliphatic hydroxyl groups is 1. The normalized spacial score (nSPS) is 16.8. The monoisotopic (exact) mass is 364 g/mol. The van der Waals surface area contributed by atoms with E-state index in [-0.39, 0.29) is 6.10 Å². The number of anilines is 1. The third kappa shape index (κ3) is 3.54. The van der Waals surface area contributed by atoms with E-state index in [2.05, 4.69) is 20.3 Å². The summed E-state index contributed by atoms with van der Waals surface area (Å²) in [6.45, 7) is 0. The zero-order valence-corrected chi connectivity index (χ0v) is 14.9. The second kappa shape index (κ2) is 7.20. The number of esters is 1. The number of nitrogens with zero attached hydrogens (tertiary/aromatic N) is 2. The zero-order valence-electron chi connectivity index (χ0n) is 14.9. The van der Waals surface area contributed by atoms with E-state index in [9.17, 15) is 9.90 Å². The van der Waals surface area contributed by atoms with Gasteiger partial charge >= 0.3 is 5.97 Å². The fourth-order valence-electron chi connectivity index (χ4n) is 3.13. The van der Waals surface area contributed by atoms with Gasteiger partial charge in [-0.1, -0.05) is 36.4 Å². The molecule has 1 aliphatic rings. The van der Waals surface area contributed by atoms with Crippen LogP contribution in [-0.2, 0) is 4.74 Å². The second-order valence-corrected chi connectivity index (χ2v) is 6.48. The van der Waals surface area contributed by atoms with Crippen molar-refractivity contribution in [2.24, 2.45) is 0 Å². The number of rotatable bonds is 4. The van der Waals surface area contributed by atoms with Crippen LogP contribution in [0.15, 0.2) is 48.2 Å². The number of allylic oxidation sites excluding steroid dienone is 1. The predicted octanol–water partition coefficient (Wildman–Crippen LogP) is 3.25. The summed E-state index contributed by atoms with van der Waals surface area (Å²) in [4.78, 5) is 24.2. The van der Waals surface area contributed by atoms with Crippen molar-refractivity contribution in [1.29, 1.82) is 0 Å². The first-order valence-corrected chi connectivity index (χ1v) is 8.82. The van der Waals surface area contributed by atoms with Gasteiger partial charge in [-0.2, -0.15) is 0 Å². The molecule has 1 aliphatic carbocycles. The van der Waals surface area contributed by atoms with Crippen molar-refractivity contribution in [3.05, 3.63) is 53.9 Å². The van der Waals surface area contributed by atoms with Gasteiger partial charge in [0.05, 0.1) is 18.6 Å². The first kappa shape index (κ1) is 17.2. The van der Waals surface area contributed by atoms with Crippen LogP contribution in [0.25, 0.3) is 22.4 Å². The van der Waals surface area contributed by atoms with E-state index in [1.54, 1.807) is 6.07 Å². The van der Waals surface area contributed by atoms with Gasteiger partial charge in [0.2, 0.25) is 0 Å². The molecule has 1 atom stereocenters. The Hall–Kier alpha value is -3.19. The number of hydrogen-bond donors (Lipinski definition) is 3. The number of aliphatic hydroxyl groups excluding tert-OH is 1. The highest BCUT2D eigenvalue weighted by Gasteiger charge is 2.18. The summed E-state index contributed by atoms with van der Waals surface area (Å²) >= 11 is 0. The number of H-pyrrole nitrogens is 1. The molecule has 3 N–H and O–H groups in total. The van der Waals surface area contributed by atoms with Crippen LogP contribution in [-0.4, -0.2) is 39.2 Å². The van der Waals surface area contributed by atoms with Crippen molar-refractivity contribution in [3.8, 4) is 11.4 Å². The molecule has 2 aromatic heterocycles. The number of benzene rings is 1. The molecule has 0 radical (unpaired) electrons. The number of aromatic nitrogens is 3. The number of aromatic amines is 1. The van der Waals surface area contributed by atoms with Crippen LogP contribution in [0, 0.1) is 0 Å². The fourth-order valence-corrected chi connectivity index (χ4v) is 3.13. The standard InChI is InChI=1S/C20H20N4O3/c1-27-20(26)16-11-15-18(21-13-7-9-14(25)10-8-13)23-17(24-19(15)22-16)12-5-3-2-4-6-12/h2-7,11,14,25H,8-10H2,1H3,(H2,21,22,23,24)/t14-/m1/s1. The quantitative estimate of drug-likeness (QED) is 0.615. The summed E-state index contributed by atoms with van der Waals surface area (Å²) in [6, 6.07) is 11.3. The van der Waals surface area contributed by atoms with Crippen molar-refractivity contribution < 1.29 is 14.6 Å². The maximum Gasteiger partial charge on any atom is 0.354 e. The van der Waals surface area contributed by atoms with Crippen LogP contribution >= 0.6 is 0 Å². The minimum atomic E-state index is -0.458. The molecule has 7 heteroatoms. The van der Waals surface area contributed by atoms with Crippen LogP contribution < -0.4 is 5.32 Å². The summed E-state index contributed by atoms with van der Waals surface area (Å²) in [5, 5.41) is 13.8. The van der Waals surface area contributed by atoms with Crippen LogP contribution in [0.2, 0.25) is 0 Å². The minimum absolute atomic E-state index is 0.293. The zero-order chi connectivity index (χ0) is 18.8. The predicted molar refractivity (Wildman–Crippen MR) is 102 cm³/mol. The Labute approximate surface area is 156 Å². The molecule has 1 aromatic carbocycles. The molecule has 0 amide bonds. The summed E-state index contributed by atoms with van der Waals surface area (Å²) in [7, 11) is 1.34. The van der Waals surface area contributed by atoms with Gasteiger partial charge in [-0.05, 0) is 25.3 Å². The van der Waals surface area contributed by atoms with Crippen molar-refractivity contribution >= 4 is 22.8 Å². The first-order valence-electron chi connectivity index (χ1n) is 8.82. The highest BCUT2D eigenvalue weighted by molar-refractivity contribution is 5.98. The fraction of sp³-hybridized carbons (Fsp3) is 0.250. The van der Waals surface area contributed by atoms with Gasteiger partial charge in [-0.15, -0.1) is 0 Å². The van der Waals surface area contributed by atoms with Gasteiger partial charge in [0.15, 0.2) is 5.82 Å². The van der Waals surface area contributed by atoms with Crippen LogP contribution in [0.5, 0.6) is 0 Å². The van der Waals surface area contributed by atoms with E-state index >= 15 is 0 Å². The lowest BCUT2D eigenvalue weighted by Gasteiger charge is -2.19. The highest BCUT2D eigenvalue weighted by atomic mass is 16.5. The Balaban J connectivity index is 1.81. The summed E-state index contributed by atoms with van der Waals surface area (Å²) in [5.41, 5.74) is 2.76. The Morgan fingerprint density at radius 2 is 2.11 bits per heavy atom. The Bertz CT molecular complexity index is 1010. The van der Waals surface area contributed by atoms with Gasteiger partial charge in [-0.3, -0.25) is 0 Å². The van der Waals surface area contributed by atoms with Gasteiger partial charge in [0, 0.05) is 11.3 Å². The molecule has 27 heavy (non-hydrogen) atoms. The Morgan fingerprint density at radius 1 is 1.30 bits per heavy atom. The SMILES string of the molecule is COC(=O)c1cc2c(NC3=CC[C@@H](O)CC3)nc(-c3ccccc3)nc2[nH]1. The van der Waals surface area contributed by atoms with Crippen LogP contribution in [0.4, 0.5) is 5.82 Å². The molecule has 0 aliphatic heterocycles. The van der Waals surface area contributed by atoms with Gasteiger partial charge in [-0.25, -0.2) is 14.8 Å². The van der Waals surface area contributed by atoms with E-state index in [4.69, 9.17) is 4.74 Å². The van der Waals surface area contributed by atoms with Gasteiger partial charge in [0.1, 0.15) is 17.2 Å². The summed E-state index contributed by atoms with van der Waals surface area (Å²) in [5.74, 6) is 0.716. The molecule has 2 heterocycles. The topological polar surface area (TPSA) is 100 Å². The molecule has 0 bridgehead atoms.